The number of hydrogen-bond acceptors (Lipinski definition) is 7. The molecule has 8 unspecified atom stereocenters. The predicted octanol–water partition coefficient (Wildman–Crippen LogP) is 31.8. The van der Waals surface area contributed by atoms with Crippen LogP contribution in [0, 0.1) is 0 Å². The van der Waals surface area contributed by atoms with E-state index in [1.54, 1.807) is 186 Å². The lowest BCUT2D eigenvalue weighted by Gasteiger charge is -2.38. The van der Waals surface area contributed by atoms with Crippen LogP contribution in [-0.4, -0.2) is 83.3 Å². The molecule has 31 aromatic carbocycles. The van der Waals surface area contributed by atoms with Gasteiger partial charge in [0.1, 0.15) is 0 Å². The molecule has 0 saturated carbocycles. The fraction of sp³-hybridized carbons (Fsp3) is 0.194. The van der Waals surface area contributed by atoms with Crippen LogP contribution in [0.3, 0.4) is 0 Å². The van der Waals surface area contributed by atoms with Crippen molar-refractivity contribution in [3.8, 4) is 0 Å². The Morgan fingerprint density at radius 2 is 0.537 bits per heavy atom. The van der Waals surface area contributed by atoms with E-state index in [9.17, 15) is 34.5 Å². The summed E-state index contributed by atoms with van der Waals surface area (Å²) >= 11 is 0. The Labute approximate surface area is 848 Å². The van der Waals surface area contributed by atoms with Crippen LogP contribution in [0.2, 0.25) is 0 Å². The van der Waals surface area contributed by atoms with E-state index in [0.717, 1.165) is 77.3 Å². The second-order valence-electron chi connectivity index (χ2n) is 48.8. The summed E-state index contributed by atoms with van der Waals surface area (Å²) in [6, 6.07) is 77.3. The maximum atomic E-state index is 11.9. The molecule has 10 aliphatic carbocycles. The monoisotopic (exact) mass is 1910 g/mol. The number of likely N-dealkylation sites (N-methyl/N-ethyl adjacent to an activating group) is 2. The summed E-state index contributed by atoms with van der Waals surface area (Å²) in [5, 5.41) is 102. The molecule has 0 bridgehead atoms. The number of benzene rings is 25. The average molecular weight is 1910 g/mol. The molecular formula is C139H86N2O8. The molecule has 2 saturated heterocycles. The topological polar surface area (TPSA) is 145 Å². The fourth-order valence-electron chi connectivity index (χ4n) is 37.3. The predicted molar refractivity (Wildman–Crippen MR) is 604 cm³/mol. The summed E-state index contributed by atoms with van der Waals surface area (Å²) in [6.45, 7) is 6.43. The van der Waals surface area contributed by atoms with Gasteiger partial charge in [0.15, 0.2) is 0 Å². The zero-order valence-electron chi connectivity index (χ0n) is 82.2. The van der Waals surface area contributed by atoms with Crippen LogP contribution in [0.4, 0.5) is 0 Å². The fourth-order valence-corrected chi connectivity index (χ4v) is 37.3. The van der Waals surface area contributed by atoms with Crippen LogP contribution < -0.4 is 0 Å². The van der Waals surface area contributed by atoms with Crippen LogP contribution in [0.1, 0.15) is 240 Å². The van der Waals surface area contributed by atoms with Crippen molar-refractivity contribution in [2.75, 3.05) is 34.3 Å². The molecule has 0 radical (unpaired) electrons. The van der Waals surface area contributed by atoms with Gasteiger partial charge < -0.3 is 20.1 Å². The van der Waals surface area contributed by atoms with Gasteiger partial charge in [-0.1, -0.05) is 184 Å². The number of fused-ring (bicyclic) bond motifs is 10. The summed E-state index contributed by atoms with van der Waals surface area (Å²) in [7, 11) is 5.99. The van der Waals surface area contributed by atoms with Crippen molar-refractivity contribution in [1.82, 2.24) is 9.80 Å². The van der Waals surface area contributed by atoms with E-state index in [1.165, 1.54) is 231 Å². The van der Waals surface area contributed by atoms with E-state index in [2.05, 4.69) is 206 Å². The normalized spacial score (nSPS) is 20.2. The molecule has 3 N–H and O–H groups in total. The largest absolute Gasteiger partial charge is 0.478 e. The standard InChI is InChI=1S/2C42H23NO2.C41H20O2.C14H20O2/c2*1-43-14-25-23-12-21-10-19-8-17-6-7-18-9-20-11-22-13-24(32(25)41(43)15-2-4-16(5-3-15)42(44)45)34-33(23)37-30(21)28(19)35-26(17)27(18)36-29(20)31(22)38(34)40(37)39(35)36;42-41(43)17-4-1-14-10-23-24(11-18(14)7-17)26-13-22-9-20-6-16-3-2-15-5-19-8-21-12-25(23)33-34(26)38-32(22)30(20)36-28(16)27(15)35-29(19)31(21)37(33)40(38)39(35)36;1-14(2,11-7-10-13(15)16-3)12-8-5-4-6-9-12/h2*2-9,12-13,25,32,41H,10-11,14H2,1H3,(H,44,45);1-7,12-13,23-24H,8-11H2,(H,42,43);4-6,8-9H,7,10-11H2,1-3H3. The molecule has 2 heterocycles. The maximum Gasteiger partial charge on any atom is 0.335 e. The molecule has 2 fully saturated rings. The third-order valence-electron chi connectivity index (χ3n) is 42.2. The Morgan fingerprint density at radius 1 is 0.275 bits per heavy atom. The SMILES string of the molecule is CN1CC2c3cc4c5c6c(cc7ccc8cc9c%10c%11c(cc(c%12c3c5c(c%12%11)c3c6c7c8c%103)C2C1c1ccc(C(=O)O)cc1)C9)C4.CN1CC2c3cc4c5c6c(cc7ccc8cc9c%10c%11c(cc(c%12c3c5c(c%12%11)c3c6c7c8c%103)C2C1c1ccc(C(=O)O)cc1)C9)C4.COC(=O)CCCC(C)(C)c1ccccc1.O=C(O)c1ccc2c(c1)CC1c3cc4c5c6c(cc7ccc8cc9c%10c%11c(cc(c%12c3c5c(c%12%11)c3c%10c8c7c63)C1C2)C9)C4. The number of ether oxygens (including phenoxy) is 1. The van der Waals surface area contributed by atoms with E-state index >= 15 is 0 Å². The Hall–Kier alpha value is -16.2. The van der Waals surface area contributed by atoms with Crippen LogP contribution >= 0.6 is 0 Å². The molecule has 10 heteroatoms. The summed E-state index contributed by atoms with van der Waals surface area (Å²) in [6.07, 6.45) is 10.4. The van der Waals surface area contributed by atoms with Gasteiger partial charge in [0.25, 0.3) is 0 Å². The van der Waals surface area contributed by atoms with Gasteiger partial charge in [0.2, 0.25) is 0 Å². The van der Waals surface area contributed by atoms with Gasteiger partial charge in [-0.2, -0.15) is 0 Å². The van der Waals surface area contributed by atoms with Crippen LogP contribution in [0.5, 0.6) is 0 Å². The first-order valence-electron chi connectivity index (χ1n) is 54.1. The van der Waals surface area contributed by atoms with E-state index in [4.69, 9.17) is 0 Å². The molecule has 700 valence electrons. The number of carbonyl (C=O) groups is 4. The summed E-state index contributed by atoms with van der Waals surface area (Å²) in [4.78, 5) is 51.5. The molecule has 2 aliphatic heterocycles. The van der Waals surface area contributed by atoms with E-state index < -0.39 is 17.9 Å². The van der Waals surface area contributed by atoms with Crippen molar-refractivity contribution in [1.29, 1.82) is 0 Å². The lowest BCUT2D eigenvalue weighted by atomic mass is 9.65. The van der Waals surface area contributed by atoms with E-state index in [-0.39, 0.29) is 23.5 Å². The van der Waals surface area contributed by atoms with Gasteiger partial charge in [-0.05, 0) is 518 Å². The number of hydrogen-bond donors (Lipinski definition) is 3. The number of carboxylic acid groups (broad SMARTS) is 3. The van der Waals surface area contributed by atoms with Crippen molar-refractivity contribution in [3.05, 3.63) is 351 Å². The highest BCUT2D eigenvalue weighted by atomic mass is 16.5. The first-order chi connectivity index (χ1) is 72.8. The second-order valence-corrected chi connectivity index (χ2v) is 48.8. The van der Waals surface area contributed by atoms with Crippen molar-refractivity contribution in [2.45, 2.75) is 137 Å². The number of nitrogens with zero attached hydrogens (tertiary/aromatic N) is 2. The Kier molecular flexibility index (Phi) is 13.0. The van der Waals surface area contributed by atoms with Gasteiger partial charge in [0.05, 0.1) is 23.8 Å². The van der Waals surface area contributed by atoms with Gasteiger partial charge >= 0.3 is 23.9 Å². The molecule has 10 nitrogen and oxygen atoms in total. The van der Waals surface area contributed by atoms with Crippen LogP contribution in [-0.2, 0) is 66.3 Å². The first kappa shape index (κ1) is 78.1. The number of carbonyl (C=O) groups excluding carboxylic acids is 1. The highest BCUT2D eigenvalue weighted by Gasteiger charge is 2.54. The van der Waals surface area contributed by atoms with E-state index in [1.807, 2.05) is 18.2 Å². The number of likely N-dealkylation sites (tertiary alicyclic amines) is 2. The zero-order valence-corrected chi connectivity index (χ0v) is 82.2. The summed E-state index contributed by atoms with van der Waals surface area (Å²) in [5.41, 5.74) is 35.0. The molecule has 149 heavy (non-hydrogen) atoms. The first-order valence-corrected chi connectivity index (χ1v) is 54.1. The lowest BCUT2D eigenvalue weighted by Crippen LogP contribution is -2.25. The highest BCUT2D eigenvalue weighted by molar-refractivity contribution is 6.63. The highest BCUT2D eigenvalue weighted by Crippen LogP contribution is 2.73. The zero-order chi connectivity index (χ0) is 97.2. The lowest BCUT2D eigenvalue weighted by molar-refractivity contribution is -0.140. The Balaban J connectivity index is 0.0000000809. The second kappa shape index (κ2) is 24.7. The molecule has 0 amide bonds. The van der Waals surface area contributed by atoms with Gasteiger partial charge in [-0.15, -0.1) is 0 Å². The third kappa shape index (κ3) is 8.37. The molecule has 43 rings (SSSR count). The van der Waals surface area contributed by atoms with E-state index in [0.29, 0.717) is 58.6 Å². The smallest absolute Gasteiger partial charge is 0.335 e. The molecule has 8 atom stereocenters. The number of carboxylic acids is 3. The minimum absolute atomic E-state index is 0.120. The molecule has 0 aromatic heterocycles. The quantitative estimate of drug-likeness (QED) is 0.0894. The minimum Gasteiger partial charge on any atom is -0.478 e. The Morgan fingerprint density at radius 3 is 0.839 bits per heavy atom. The van der Waals surface area contributed by atoms with Crippen molar-refractivity contribution in [2.24, 2.45) is 0 Å². The summed E-state index contributed by atoms with van der Waals surface area (Å²) in [5.74, 6) is -0.439. The van der Waals surface area contributed by atoms with Gasteiger partial charge in [0, 0.05) is 55.3 Å². The van der Waals surface area contributed by atoms with Crippen molar-refractivity contribution >= 4 is 282 Å². The number of aromatic carboxylic acids is 3. The molecular weight excluding hydrogens is 1830 g/mol. The average Bonchev–Trinajstić information content (AvgIpc) is 1.47. The van der Waals surface area contributed by atoms with Crippen molar-refractivity contribution < 1.29 is 39.2 Å². The van der Waals surface area contributed by atoms with Gasteiger partial charge in [-0.25, -0.2) is 14.4 Å². The van der Waals surface area contributed by atoms with Crippen LogP contribution in [0.15, 0.2) is 206 Å². The third-order valence-corrected chi connectivity index (χ3v) is 42.2. The molecule has 12 aliphatic rings. The van der Waals surface area contributed by atoms with Crippen molar-refractivity contribution in [3.63, 3.8) is 0 Å². The Bertz CT molecular complexity index is 11300. The number of esters is 1. The maximum absolute atomic E-state index is 11.9. The minimum atomic E-state index is -0.865. The van der Waals surface area contributed by atoms with Gasteiger partial charge in [-0.3, -0.25) is 14.6 Å². The molecule has 31 aromatic rings. The van der Waals surface area contributed by atoms with Crippen LogP contribution in [0.25, 0.3) is 259 Å². The number of methoxy groups -OCH3 is 1. The molecule has 0 spiro atoms. The summed E-state index contributed by atoms with van der Waals surface area (Å²) < 4.78 is 4.63. The number of rotatable bonds is 10.